The van der Waals surface area contributed by atoms with Crippen molar-refractivity contribution in [2.75, 3.05) is 39.3 Å². The zero-order valence-electron chi connectivity index (χ0n) is 16.6. The number of hydrogen-bond acceptors (Lipinski definition) is 4. The molecule has 2 aliphatic rings. The quantitative estimate of drug-likeness (QED) is 0.752. The van der Waals surface area contributed by atoms with Crippen LogP contribution in [0.5, 0.6) is 5.75 Å². The summed E-state index contributed by atoms with van der Waals surface area (Å²) in [7, 11) is 0. The van der Waals surface area contributed by atoms with Crippen LogP contribution >= 0.6 is 0 Å². The second kappa shape index (κ2) is 10.5. The maximum atomic E-state index is 12.7. The molecule has 2 fully saturated rings. The summed E-state index contributed by atoms with van der Waals surface area (Å²) in [4.78, 5) is 28.6. The number of carbonyl (C=O) groups is 2. The van der Waals surface area contributed by atoms with Crippen LogP contribution in [-0.4, -0.2) is 67.5 Å². The number of piperazine rings is 1. The highest BCUT2D eigenvalue weighted by molar-refractivity contribution is 5.97. The Kier molecular flexibility index (Phi) is 7.80. The summed E-state index contributed by atoms with van der Waals surface area (Å²) < 4.78 is 29.6. The average Bonchev–Trinajstić information content (AvgIpc) is 2.73. The number of rotatable bonds is 7. The lowest BCUT2D eigenvalue weighted by atomic mass is 9.89. The molecule has 6 nitrogen and oxygen atoms in total. The number of halogens is 2. The van der Waals surface area contributed by atoms with E-state index in [1.165, 1.54) is 44.2 Å². The molecule has 0 spiro atoms. The third-order valence-corrected chi connectivity index (χ3v) is 5.67. The zero-order chi connectivity index (χ0) is 20.6. The van der Waals surface area contributed by atoms with Gasteiger partial charge in [0.25, 0.3) is 5.91 Å². The van der Waals surface area contributed by atoms with Gasteiger partial charge in [-0.3, -0.25) is 14.5 Å². The number of amides is 2. The summed E-state index contributed by atoms with van der Waals surface area (Å²) in [5.74, 6) is 0.170. The lowest BCUT2D eigenvalue weighted by Gasteiger charge is -2.34. The molecule has 1 aliphatic heterocycles. The molecule has 8 heteroatoms. The average molecular weight is 409 g/mol. The van der Waals surface area contributed by atoms with Crippen molar-refractivity contribution in [3.63, 3.8) is 0 Å². The molecule has 1 saturated heterocycles. The predicted molar refractivity (Wildman–Crippen MR) is 105 cm³/mol. The second-order valence-electron chi connectivity index (χ2n) is 7.75. The number of nitrogens with zero attached hydrogens (tertiary/aromatic N) is 2. The number of benzene rings is 1. The first kappa shape index (κ1) is 21.5. The van der Waals surface area contributed by atoms with E-state index in [-0.39, 0.29) is 23.1 Å². The molecule has 1 aromatic carbocycles. The van der Waals surface area contributed by atoms with E-state index in [1.807, 2.05) is 4.90 Å². The summed E-state index contributed by atoms with van der Waals surface area (Å²) >= 11 is 0. The maximum Gasteiger partial charge on any atom is 0.387 e. The Labute approximate surface area is 170 Å². The molecule has 29 heavy (non-hydrogen) atoms. The van der Waals surface area contributed by atoms with Crippen molar-refractivity contribution in [2.45, 2.75) is 38.7 Å². The van der Waals surface area contributed by atoms with E-state index in [2.05, 4.69) is 10.1 Å². The summed E-state index contributed by atoms with van der Waals surface area (Å²) in [6.45, 7) is 0.113. The molecule has 1 heterocycles. The molecule has 0 bridgehead atoms. The molecule has 0 radical (unpaired) electrons. The normalized spacial score (nSPS) is 18.7. The van der Waals surface area contributed by atoms with Gasteiger partial charge in [0.05, 0.1) is 12.1 Å². The fraction of sp³-hybridized carbons (Fsp3) is 0.619. The van der Waals surface area contributed by atoms with Crippen LogP contribution in [0.4, 0.5) is 8.78 Å². The molecule has 160 valence electrons. The number of hydrogen-bond donors (Lipinski definition) is 1. The third-order valence-electron chi connectivity index (χ3n) is 5.67. The van der Waals surface area contributed by atoms with Crippen molar-refractivity contribution in [3.8, 4) is 5.75 Å². The minimum atomic E-state index is -2.98. The van der Waals surface area contributed by atoms with E-state index < -0.39 is 6.61 Å². The largest absolute Gasteiger partial charge is 0.434 e. The number of nitrogens with one attached hydrogen (secondary N) is 1. The van der Waals surface area contributed by atoms with Crippen molar-refractivity contribution in [1.82, 2.24) is 15.1 Å². The van der Waals surface area contributed by atoms with Gasteiger partial charge >= 0.3 is 6.61 Å². The van der Waals surface area contributed by atoms with Gasteiger partial charge in [0.2, 0.25) is 5.91 Å². The van der Waals surface area contributed by atoms with Gasteiger partial charge in [-0.15, -0.1) is 0 Å². The minimum absolute atomic E-state index is 0.0195. The van der Waals surface area contributed by atoms with Gasteiger partial charge in [0.1, 0.15) is 5.75 Å². The fourth-order valence-electron chi connectivity index (χ4n) is 4.03. The van der Waals surface area contributed by atoms with E-state index in [0.29, 0.717) is 38.6 Å². The topological polar surface area (TPSA) is 61.9 Å². The van der Waals surface area contributed by atoms with Gasteiger partial charge in [-0.1, -0.05) is 31.4 Å². The summed E-state index contributed by atoms with van der Waals surface area (Å²) in [5.41, 5.74) is 0.131. The highest BCUT2D eigenvalue weighted by Gasteiger charge is 2.26. The molecule has 1 aromatic rings. The van der Waals surface area contributed by atoms with Crippen LogP contribution in [0.3, 0.4) is 0 Å². The molecule has 3 rings (SSSR count). The van der Waals surface area contributed by atoms with Crippen molar-refractivity contribution >= 4 is 11.8 Å². The van der Waals surface area contributed by atoms with E-state index in [4.69, 9.17) is 0 Å². The minimum Gasteiger partial charge on any atom is -0.434 e. The van der Waals surface area contributed by atoms with Gasteiger partial charge in [0.15, 0.2) is 0 Å². The van der Waals surface area contributed by atoms with Crippen LogP contribution in [0.1, 0.15) is 42.5 Å². The Morgan fingerprint density at radius 1 is 1.07 bits per heavy atom. The van der Waals surface area contributed by atoms with Crippen LogP contribution in [0.2, 0.25) is 0 Å². The number of carbonyl (C=O) groups excluding carboxylic acids is 2. The van der Waals surface area contributed by atoms with E-state index in [9.17, 15) is 18.4 Å². The number of alkyl halides is 2. The molecule has 2 amide bonds. The molecule has 0 aromatic heterocycles. The van der Waals surface area contributed by atoms with Crippen molar-refractivity contribution < 1.29 is 23.1 Å². The number of ether oxygens (including phenoxy) is 1. The standard InChI is InChI=1S/C21H29F2N3O3/c22-21(23)29-18-9-5-4-8-17(18)20(28)26-12-10-25(11-13-26)15-19(27)24-14-16-6-2-1-3-7-16/h4-5,8-9,16,21H,1-3,6-7,10-15H2,(H,24,27). The van der Waals surface area contributed by atoms with Crippen LogP contribution < -0.4 is 10.1 Å². The lowest BCUT2D eigenvalue weighted by Crippen LogP contribution is -2.51. The van der Waals surface area contributed by atoms with Crippen LogP contribution in [0.25, 0.3) is 0 Å². The Morgan fingerprint density at radius 2 is 1.76 bits per heavy atom. The maximum absolute atomic E-state index is 12.7. The van der Waals surface area contributed by atoms with Gasteiger partial charge in [-0.2, -0.15) is 8.78 Å². The molecule has 0 atom stereocenters. The van der Waals surface area contributed by atoms with Crippen LogP contribution in [0, 0.1) is 5.92 Å². The Bertz CT molecular complexity index is 688. The molecule has 1 saturated carbocycles. The first-order chi connectivity index (χ1) is 14.0. The molecular weight excluding hydrogens is 380 g/mol. The molecule has 1 N–H and O–H groups in total. The van der Waals surface area contributed by atoms with E-state index >= 15 is 0 Å². The third kappa shape index (κ3) is 6.39. The SMILES string of the molecule is O=C(CN1CCN(C(=O)c2ccccc2OC(F)F)CC1)NCC1CCCCC1. The lowest BCUT2D eigenvalue weighted by molar-refractivity contribution is -0.122. The Balaban J connectivity index is 1.44. The molecule has 1 aliphatic carbocycles. The van der Waals surface area contributed by atoms with E-state index in [0.717, 1.165) is 6.54 Å². The van der Waals surface area contributed by atoms with Crippen LogP contribution in [-0.2, 0) is 4.79 Å². The zero-order valence-corrected chi connectivity index (χ0v) is 16.6. The van der Waals surface area contributed by atoms with Crippen LogP contribution in [0.15, 0.2) is 24.3 Å². The monoisotopic (exact) mass is 409 g/mol. The summed E-state index contributed by atoms with van der Waals surface area (Å²) in [6.07, 6.45) is 6.19. The fourth-order valence-corrected chi connectivity index (χ4v) is 4.03. The van der Waals surface area contributed by atoms with E-state index in [1.54, 1.807) is 17.0 Å². The summed E-state index contributed by atoms with van der Waals surface area (Å²) in [5, 5.41) is 3.04. The summed E-state index contributed by atoms with van der Waals surface area (Å²) in [6, 6.07) is 6.04. The van der Waals surface area contributed by atoms with Gasteiger partial charge in [-0.25, -0.2) is 0 Å². The van der Waals surface area contributed by atoms with Gasteiger partial charge in [0, 0.05) is 32.7 Å². The molecular formula is C21H29F2N3O3. The van der Waals surface area contributed by atoms with Crippen molar-refractivity contribution in [3.05, 3.63) is 29.8 Å². The van der Waals surface area contributed by atoms with Gasteiger partial charge in [-0.05, 0) is 30.9 Å². The first-order valence-electron chi connectivity index (χ1n) is 10.3. The van der Waals surface area contributed by atoms with Crippen molar-refractivity contribution in [2.24, 2.45) is 5.92 Å². The molecule has 0 unspecified atom stereocenters. The second-order valence-corrected chi connectivity index (χ2v) is 7.75. The Hall–Kier alpha value is -2.22. The smallest absolute Gasteiger partial charge is 0.387 e. The Morgan fingerprint density at radius 3 is 2.45 bits per heavy atom. The van der Waals surface area contributed by atoms with Gasteiger partial charge < -0.3 is 15.0 Å². The number of para-hydroxylation sites is 1. The highest BCUT2D eigenvalue weighted by Crippen LogP contribution is 2.23. The predicted octanol–water partition coefficient (Wildman–Crippen LogP) is 2.74. The first-order valence-corrected chi connectivity index (χ1v) is 10.3. The highest BCUT2D eigenvalue weighted by atomic mass is 19.3. The van der Waals surface area contributed by atoms with Crippen molar-refractivity contribution in [1.29, 1.82) is 0 Å².